The van der Waals surface area contributed by atoms with E-state index in [9.17, 15) is 4.79 Å². The lowest BCUT2D eigenvalue weighted by atomic mass is 10.2. The lowest BCUT2D eigenvalue weighted by molar-refractivity contribution is -0.138. The smallest absolute Gasteiger partial charge is 0.317 e. The monoisotopic (exact) mass is 281 g/mol. The molecule has 0 saturated heterocycles. The van der Waals surface area contributed by atoms with Crippen LogP contribution in [0.25, 0.3) is 0 Å². The van der Waals surface area contributed by atoms with E-state index in [1.165, 1.54) is 0 Å². The zero-order valence-electron chi connectivity index (χ0n) is 12.4. The van der Waals surface area contributed by atoms with E-state index in [2.05, 4.69) is 0 Å². The fraction of sp³-hybridized carbons (Fsp3) is 0.533. The largest absolute Gasteiger partial charge is 0.493 e. The minimum absolute atomic E-state index is 0.0455. The lowest BCUT2D eigenvalue weighted by Crippen LogP contribution is -2.30. The molecule has 1 rings (SSSR count). The standard InChI is InChI=1S/C15H23NO4/c1-4-8-16(11-15(17)18)10-12-6-7-13(19-3)14(9-12)20-5-2/h6-7,9H,4-5,8,10-11H2,1-3H3,(H,17,18). The third-order valence-corrected chi connectivity index (χ3v) is 2.83. The van der Waals surface area contributed by atoms with Crippen LogP contribution in [0.4, 0.5) is 0 Å². The quantitative estimate of drug-likeness (QED) is 0.753. The van der Waals surface area contributed by atoms with Crippen LogP contribution in [0, 0.1) is 0 Å². The number of nitrogens with zero attached hydrogens (tertiary/aromatic N) is 1. The first-order valence-corrected chi connectivity index (χ1v) is 6.84. The van der Waals surface area contributed by atoms with Crippen molar-refractivity contribution in [1.29, 1.82) is 0 Å². The second kappa shape index (κ2) is 8.43. The molecule has 1 N–H and O–H groups in total. The number of carboxylic acid groups (broad SMARTS) is 1. The first-order chi connectivity index (χ1) is 9.60. The summed E-state index contributed by atoms with van der Waals surface area (Å²) >= 11 is 0. The minimum Gasteiger partial charge on any atom is -0.493 e. The normalized spacial score (nSPS) is 10.6. The Morgan fingerprint density at radius 2 is 2.05 bits per heavy atom. The maximum Gasteiger partial charge on any atom is 0.317 e. The van der Waals surface area contributed by atoms with E-state index in [0.717, 1.165) is 18.5 Å². The molecule has 112 valence electrons. The van der Waals surface area contributed by atoms with E-state index in [1.54, 1.807) is 7.11 Å². The van der Waals surface area contributed by atoms with E-state index < -0.39 is 5.97 Å². The van der Waals surface area contributed by atoms with E-state index in [-0.39, 0.29) is 6.54 Å². The second-order valence-corrected chi connectivity index (χ2v) is 4.52. The summed E-state index contributed by atoms with van der Waals surface area (Å²) in [5, 5.41) is 8.92. The summed E-state index contributed by atoms with van der Waals surface area (Å²) in [6, 6.07) is 5.70. The van der Waals surface area contributed by atoms with Crippen molar-refractivity contribution in [2.24, 2.45) is 0 Å². The van der Waals surface area contributed by atoms with Crippen molar-refractivity contribution in [2.45, 2.75) is 26.8 Å². The van der Waals surface area contributed by atoms with Crippen LogP contribution >= 0.6 is 0 Å². The van der Waals surface area contributed by atoms with Crippen LogP contribution in [0.15, 0.2) is 18.2 Å². The Morgan fingerprint density at radius 3 is 2.60 bits per heavy atom. The molecule has 0 heterocycles. The van der Waals surface area contributed by atoms with Crippen LogP contribution in [0.3, 0.4) is 0 Å². The number of ether oxygens (including phenoxy) is 2. The minimum atomic E-state index is -0.808. The van der Waals surface area contributed by atoms with Crippen LogP contribution in [-0.4, -0.2) is 42.8 Å². The van der Waals surface area contributed by atoms with Gasteiger partial charge in [-0.2, -0.15) is 0 Å². The molecule has 0 unspecified atom stereocenters. The first kappa shape index (κ1) is 16.3. The van der Waals surface area contributed by atoms with Crippen molar-refractivity contribution in [1.82, 2.24) is 4.90 Å². The molecule has 20 heavy (non-hydrogen) atoms. The Hall–Kier alpha value is -1.75. The molecule has 0 aliphatic heterocycles. The summed E-state index contributed by atoms with van der Waals surface area (Å²) < 4.78 is 10.8. The Labute approximate surface area is 120 Å². The summed E-state index contributed by atoms with van der Waals surface area (Å²) in [5.74, 6) is 0.576. The third kappa shape index (κ3) is 5.09. The number of hydrogen-bond donors (Lipinski definition) is 1. The molecule has 0 aliphatic rings. The zero-order chi connectivity index (χ0) is 15.0. The predicted molar refractivity (Wildman–Crippen MR) is 77.4 cm³/mol. The summed E-state index contributed by atoms with van der Waals surface area (Å²) in [6.45, 7) is 5.90. The molecule has 0 radical (unpaired) electrons. The van der Waals surface area contributed by atoms with Gasteiger partial charge < -0.3 is 14.6 Å². The maximum absolute atomic E-state index is 10.9. The van der Waals surface area contributed by atoms with Crippen molar-refractivity contribution < 1.29 is 19.4 Å². The molecular weight excluding hydrogens is 258 g/mol. The van der Waals surface area contributed by atoms with Crippen molar-refractivity contribution in [3.8, 4) is 11.5 Å². The number of benzene rings is 1. The van der Waals surface area contributed by atoms with Crippen LogP contribution in [-0.2, 0) is 11.3 Å². The Balaban J connectivity index is 2.83. The van der Waals surface area contributed by atoms with E-state index >= 15 is 0 Å². The van der Waals surface area contributed by atoms with Crippen LogP contribution in [0.5, 0.6) is 11.5 Å². The molecular formula is C15H23NO4. The molecule has 1 aromatic carbocycles. The highest BCUT2D eigenvalue weighted by Crippen LogP contribution is 2.28. The fourth-order valence-electron chi connectivity index (χ4n) is 2.07. The number of methoxy groups -OCH3 is 1. The summed E-state index contributed by atoms with van der Waals surface area (Å²) in [6.07, 6.45) is 0.918. The molecule has 5 nitrogen and oxygen atoms in total. The van der Waals surface area contributed by atoms with E-state index in [1.807, 2.05) is 36.9 Å². The Morgan fingerprint density at radius 1 is 1.30 bits per heavy atom. The van der Waals surface area contributed by atoms with Gasteiger partial charge in [-0.15, -0.1) is 0 Å². The van der Waals surface area contributed by atoms with Crippen molar-refractivity contribution >= 4 is 5.97 Å². The average Bonchev–Trinajstić information content (AvgIpc) is 2.39. The average molecular weight is 281 g/mol. The van der Waals surface area contributed by atoms with Gasteiger partial charge in [0.25, 0.3) is 0 Å². The van der Waals surface area contributed by atoms with Gasteiger partial charge in [0.15, 0.2) is 11.5 Å². The highest BCUT2D eigenvalue weighted by Gasteiger charge is 2.11. The summed E-state index contributed by atoms with van der Waals surface area (Å²) in [5.41, 5.74) is 1.02. The van der Waals surface area contributed by atoms with Gasteiger partial charge in [0.1, 0.15) is 0 Å². The van der Waals surface area contributed by atoms with Crippen LogP contribution in [0.1, 0.15) is 25.8 Å². The highest BCUT2D eigenvalue weighted by molar-refractivity contribution is 5.69. The second-order valence-electron chi connectivity index (χ2n) is 4.52. The van der Waals surface area contributed by atoms with Crippen molar-refractivity contribution in [3.05, 3.63) is 23.8 Å². The van der Waals surface area contributed by atoms with Crippen LogP contribution < -0.4 is 9.47 Å². The van der Waals surface area contributed by atoms with Gasteiger partial charge in [-0.1, -0.05) is 13.0 Å². The molecule has 0 amide bonds. The van der Waals surface area contributed by atoms with E-state index in [0.29, 0.717) is 24.7 Å². The first-order valence-electron chi connectivity index (χ1n) is 6.84. The number of aliphatic carboxylic acids is 1. The van der Waals surface area contributed by atoms with Gasteiger partial charge in [0.2, 0.25) is 0 Å². The van der Waals surface area contributed by atoms with Crippen molar-refractivity contribution in [3.63, 3.8) is 0 Å². The molecule has 0 bridgehead atoms. The maximum atomic E-state index is 10.9. The molecule has 5 heteroatoms. The predicted octanol–water partition coefficient (Wildman–Crippen LogP) is 2.39. The Bertz CT molecular complexity index is 434. The molecule has 0 atom stereocenters. The van der Waals surface area contributed by atoms with Gasteiger partial charge in [0.05, 0.1) is 20.3 Å². The number of hydrogen-bond acceptors (Lipinski definition) is 4. The molecule has 1 aromatic rings. The zero-order valence-corrected chi connectivity index (χ0v) is 12.4. The van der Waals surface area contributed by atoms with Crippen molar-refractivity contribution in [2.75, 3.05) is 26.8 Å². The lowest BCUT2D eigenvalue weighted by Gasteiger charge is -2.20. The molecule has 0 fully saturated rings. The number of carbonyl (C=O) groups is 1. The summed E-state index contributed by atoms with van der Waals surface area (Å²) in [7, 11) is 1.60. The topological polar surface area (TPSA) is 59.0 Å². The van der Waals surface area contributed by atoms with Gasteiger partial charge in [-0.05, 0) is 37.6 Å². The van der Waals surface area contributed by atoms with Crippen LogP contribution in [0.2, 0.25) is 0 Å². The third-order valence-electron chi connectivity index (χ3n) is 2.83. The van der Waals surface area contributed by atoms with Gasteiger partial charge in [0, 0.05) is 6.54 Å². The molecule has 0 aromatic heterocycles. The van der Waals surface area contributed by atoms with Gasteiger partial charge in [-0.3, -0.25) is 9.69 Å². The highest BCUT2D eigenvalue weighted by atomic mass is 16.5. The Kier molecular flexibility index (Phi) is 6.87. The molecule has 0 aliphatic carbocycles. The van der Waals surface area contributed by atoms with Gasteiger partial charge >= 0.3 is 5.97 Å². The SMILES string of the molecule is CCCN(CC(=O)O)Cc1ccc(OC)c(OCC)c1. The number of carboxylic acids is 1. The molecule has 0 saturated carbocycles. The molecule has 0 spiro atoms. The summed E-state index contributed by atoms with van der Waals surface area (Å²) in [4.78, 5) is 12.8. The fourth-order valence-corrected chi connectivity index (χ4v) is 2.07. The number of rotatable bonds is 9. The van der Waals surface area contributed by atoms with Gasteiger partial charge in [-0.25, -0.2) is 0 Å². The van der Waals surface area contributed by atoms with E-state index in [4.69, 9.17) is 14.6 Å².